The number of H-pyrrole nitrogens is 1. The van der Waals surface area contributed by atoms with E-state index >= 15 is 0 Å². The zero-order valence-electron chi connectivity index (χ0n) is 14.6. The van der Waals surface area contributed by atoms with Crippen LogP contribution in [0.5, 0.6) is 0 Å². The Bertz CT molecular complexity index is 812. The molecule has 0 bridgehead atoms. The van der Waals surface area contributed by atoms with Crippen molar-refractivity contribution in [3.05, 3.63) is 51.3 Å². The first-order chi connectivity index (χ1) is 11.7. The average molecular weight is 365 g/mol. The molecular formula is C18H21ClN2O4. The summed E-state index contributed by atoms with van der Waals surface area (Å²) in [5, 5.41) is 13.0. The van der Waals surface area contributed by atoms with Gasteiger partial charge in [-0.05, 0) is 51.0 Å². The zero-order chi connectivity index (χ0) is 18.7. The van der Waals surface area contributed by atoms with Gasteiger partial charge in [0.25, 0.3) is 5.91 Å². The number of hydrogen-bond donors (Lipinski definition) is 3. The lowest BCUT2D eigenvalue weighted by Gasteiger charge is -2.10. The molecule has 1 aromatic carbocycles. The summed E-state index contributed by atoms with van der Waals surface area (Å²) in [7, 11) is 0. The third kappa shape index (κ3) is 4.21. The number of aromatic nitrogens is 1. The Kier molecular flexibility index (Phi) is 5.87. The molecule has 1 atom stereocenters. The molecule has 0 unspecified atom stereocenters. The second kappa shape index (κ2) is 7.72. The Morgan fingerprint density at radius 2 is 1.96 bits per heavy atom. The highest BCUT2D eigenvalue weighted by atomic mass is 35.5. The van der Waals surface area contributed by atoms with E-state index in [4.69, 9.17) is 16.3 Å². The molecule has 0 radical (unpaired) electrons. The van der Waals surface area contributed by atoms with Crippen molar-refractivity contribution in [2.24, 2.45) is 0 Å². The largest absolute Gasteiger partial charge is 0.451 e. The van der Waals surface area contributed by atoms with E-state index in [1.54, 1.807) is 45.9 Å². The van der Waals surface area contributed by atoms with Crippen LogP contribution in [0.15, 0.2) is 18.2 Å². The van der Waals surface area contributed by atoms with Gasteiger partial charge in [-0.3, -0.25) is 4.79 Å². The van der Waals surface area contributed by atoms with E-state index in [-0.39, 0.29) is 5.69 Å². The number of rotatable bonds is 5. The summed E-state index contributed by atoms with van der Waals surface area (Å²) in [6.07, 6.45) is -0.702. The fourth-order valence-electron chi connectivity index (χ4n) is 2.73. The van der Waals surface area contributed by atoms with Crippen LogP contribution in [0.3, 0.4) is 0 Å². The van der Waals surface area contributed by atoms with Crippen LogP contribution in [-0.2, 0) is 9.53 Å². The quantitative estimate of drug-likeness (QED) is 0.709. The number of halogens is 1. The lowest BCUT2D eigenvalue weighted by Crippen LogP contribution is -2.21. The summed E-state index contributed by atoms with van der Waals surface area (Å²) in [6, 6.07) is 5.16. The fourth-order valence-corrected chi connectivity index (χ4v) is 2.90. The molecule has 0 aliphatic rings. The Labute approximate surface area is 151 Å². The third-order valence-corrected chi connectivity index (χ3v) is 4.40. The number of aliphatic hydroxyl groups is 1. The monoisotopic (exact) mass is 364 g/mol. The molecule has 25 heavy (non-hydrogen) atoms. The van der Waals surface area contributed by atoms with Crippen LogP contribution >= 0.6 is 11.6 Å². The number of benzene rings is 1. The van der Waals surface area contributed by atoms with Crippen molar-refractivity contribution in [2.75, 3.05) is 11.9 Å². The lowest BCUT2D eigenvalue weighted by molar-refractivity contribution is -0.119. The number of aromatic amines is 1. The van der Waals surface area contributed by atoms with E-state index in [0.717, 1.165) is 5.56 Å². The zero-order valence-corrected chi connectivity index (χ0v) is 15.3. The highest BCUT2D eigenvalue weighted by molar-refractivity contribution is 6.31. The van der Waals surface area contributed by atoms with Gasteiger partial charge >= 0.3 is 5.97 Å². The highest BCUT2D eigenvalue weighted by Gasteiger charge is 2.21. The van der Waals surface area contributed by atoms with Crippen LogP contribution in [0.4, 0.5) is 5.69 Å². The molecule has 2 aromatic rings. The van der Waals surface area contributed by atoms with Crippen molar-refractivity contribution < 1.29 is 19.4 Å². The summed E-state index contributed by atoms with van der Waals surface area (Å²) in [4.78, 5) is 27.1. The second-order valence-corrected chi connectivity index (χ2v) is 6.28. The minimum Gasteiger partial charge on any atom is -0.451 e. The fraction of sp³-hybridized carbons (Fsp3) is 0.333. The summed E-state index contributed by atoms with van der Waals surface area (Å²) < 4.78 is 5.06. The van der Waals surface area contributed by atoms with Crippen LogP contribution in [-0.4, -0.2) is 28.6 Å². The molecule has 1 aromatic heterocycles. The molecule has 6 nitrogen and oxygen atoms in total. The van der Waals surface area contributed by atoms with Crippen LogP contribution < -0.4 is 5.32 Å². The molecule has 0 spiro atoms. The maximum absolute atomic E-state index is 12.2. The van der Waals surface area contributed by atoms with Gasteiger partial charge in [-0.2, -0.15) is 0 Å². The normalized spacial score (nSPS) is 11.9. The summed E-state index contributed by atoms with van der Waals surface area (Å²) in [5.74, 6) is -1.11. The molecule has 0 fully saturated rings. The molecule has 3 N–H and O–H groups in total. The second-order valence-electron chi connectivity index (χ2n) is 5.88. The number of aryl methyl sites for hydroxylation is 1. The van der Waals surface area contributed by atoms with Crippen LogP contribution in [0.2, 0.25) is 5.02 Å². The van der Waals surface area contributed by atoms with Crippen molar-refractivity contribution in [1.82, 2.24) is 4.98 Å². The molecule has 0 saturated carbocycles. The Morgan fingerprint density at radius 3 is 2.56 bits per heavy atom. The van der Waals surface area contributed by atoms with E-state index in [1.807, 2.05) is 0 Å². The number of carbonyl (C=O) groups excluding carboxylic acids is 2. The number of amides is 1. The molecule has 0 aliphatic heterocycles. The first kappa shape index (κ1) is 19.0. The Balaban J connectivity index is 2.02. The predicted octanol–water partition coefficient (Wildman–Crippen LogP) is 3.44. The smallest absolute Gasteiger partial charge is 0.355 e. The minimum absolute atomic E-state index is 0.236. The maximum Gasteiger partial charge on any atom is 0.355 e. The molecular weight excluding hydrogens is 344 g/mol. The lowest BCUT2D eigenvalue weighted by atomic mass is 10.1. The van der Waals surface area contributed by atoms with Gasteiger partial charge in [-0.25, -0.2) is 4.79 Å². The van der Waals surface area contributed by atoms with Crippen molar-refractivity contribution in [2.45, 2.75) is 33.8 Å². The van der Waals surface area contributed by atoms with Crippen LogP contribution in [0.1, 0.15) is 45.9 Å². The van der Waals surface area contributed by atoms with E-state index in [2.05, 4.69) is 10.3 Å². The number of nitrogens with one attached hydrogen (secondary N) is 2. The summed E-state index contributed by atoms with van der Waals surface area (Å²) in [6.45, 7) is 6.47. The van der Waals surface area contributed by atoms with Crippen LogP contribution in [0.25, 0.3) is 0 Å². The number of hydrogen-bond acceptors (Lipinski definition) is 4. The minimum atomic E-state index is -0.702. The topological polar surface area (TPSA) is 91.4 Å². The van der Waals surface area contributed by atoms with E-state index in [9.17, 15) is 14.7 Å². The number of carbonyl (C=O) groups is 2. The number of esters is 1. The first-order valence-corrected chi connectivity index (χ1v) is 8.19. The van der Waals surface area contributed by atoms with Gasteiger partial charge in [0.15, 0.2) is 6.61 Å². The Morgan fingerprint density at radius 1 is 1.28 bits per heavy atom. The van der Waals surface area contributed by atoms with Crippen LogP contribution in [0, 0.1) is 20.8 Å². The molecule has 0 aliphatic carbocycles. The number of aliphatic hydroxyl groups excluding tert-OH is 1. The molecule has 1 amide bonds. The van der Waals surface area contributed by atoms with Crippen molar-refractivity contribution in [1.29, 1.82) is 0 Å². The van der Waals surface area contributed by atoms with E-state index in [1.165, 1.54) is 0 Å². The van der Waals surface area contributed by atoms with Gasteiger partial charge in [0.05, 0.1) is 6.10 Å². The SMILES string of the molecule is Cc1[nH]c(C(=O)OCC(=O)Nc2cccc(Cl)c2C)c(C)c1[C@@H](C)O. The standard InChI is InChI=1S/C18H21ClN2O4/c1-9-13(19)6-5-7-14(9)21-15(23)8-25-18(24)17-10(2)16(12(4)22)11(3)20-17/h5-7,12,20,22H,8H2,1-4H3,(H,21,23)/t12-/m1/s1. The van der Waals surface area contributed by atoms with Crippen molar-refractivity contribution in [3.8, 4) is 0 Å². The maximum atomic E-state index is 12.2. The Hall–Kier alpha value is -2.31. The third-order valence-electron chi connectivity index (χ3n) is 3.99. The molecule has 0 saturated heterocycles. The molecule has 7 heteroatoms. The molecule has 2 rings (SSSR count). The number of anilines is 1. The van der Waals surface area contributed by atoms with E-state index in [0.29, 0.717) is 27.5 Å². The highest BCUT2D eigenvalue weighted by Crippen LogP contribution is 2.25. The van der Waals surface area contributed by atoms with Gasteiger partial charge < -0.3 is 20.1 Å². The van der Waals surface area contributed by atoms with Gasteiger partial charge in [-0.1, -0.05) is 17.7 Å². The molecule has 1 heterocycles. The molecule has 134 valence electrons. The van der Waals surface area contributed by atoms with Gasteiger partial charge in [0.1, 0.15) is 5.69 Å². The van der Waals surface area contributed by atoms with Gasteiger partial charge in [0, 0.05) is 22.0 Å². The van der Waals surface area contributed by atoms with Crippen molar-refractivity contribution >= 4 is 29.2 Å². The predicted molar refractivity (Wildman–Crippen MR) is 96.0 cm³/mol. The average Bonchev–Trinajstić information content (AvgIpc) is 2.84. The first-order valence-electron chi connectivity index (χ1n) is 7.81. The van der Waals surface area contributed by atoms with Gasteiger partial charge in [-0.15, -0.1) is 0 Å². The summed E-state index contributed by atoms with van der Waals surface area (Å²) in [5.41, 5.74) is 3.51. The summed E-state index contributed by atoms with van der Waals surface area (Å²) >= 11 is 6.00. The number of ether oxygens (including phenoxy) is 1. The van der Waals surface area contributed by atoms with Crippen molar-refractivity contribution in [3.63, 3.8) is 0 Å². The van der Waals surface area contributed by atoms with E-state index < -0.39 is 24.6 Å². The van der Waals surface area contributed by atoms with Gasteiger partial charge in [0.2, 0.25) is 0 Å².